The highest BCUT2D eigenvalue weighted by atomic mass is 16.7. The second kappa shape index (κ2) is 8.08. The van der Waals surface area contributed by atoms with E-state index < -0.39 is 22.9 Å². The van der Waals surface area contributed by atoms with Crippen LogP contribution in [0, 0.1) is 5.41 Å². The number of nitrogens with one attached hydrogen (secondary N) is 1. The zero-order valence-corrected chi connectivity index (χ0v) is 14.3. The maximum absolute atomic E-state index is 12.4. The molecule has 0 aromatic heterocycles. The van der Waals surface area contributed by atoms with Crippen molar-refractivity contribution in [3.63, 3.8) is 0 Å². The fourth-order valence-electron chi connectivity index (χ4n) is 2.15. The molecular formula is C17H25NO5. The van der Waals surface area contributed by atoms with E-state index in [0.29, 0.717) is 0 Å². The topological polar surface area (TPSA) is 73.9 Å². The monoisotopic (exact) mass is 323 g/mol. The van der Waals surface area contributed by atoms with Crippen LogP contribution in [0.4, 0.5) is 0 Å². The van der Waals surface area contributed by atoms with Gasteiger partial charge in [-0.3, -0.25) is 9.63 Å². The van der Waals surface area contributed by atoms with Crippen LogP contribution >= 0.6 is 0 Å². The molecule has 0 fully saturated rings. The molecule has 23 heavy (non-hydrogen) atoms. The fraction of sp³-hybridized carbons (Fsp3) is 0.529. The van der Waals surface area contributed by atoms with Gasteiger partial charge in [-0.15, -0.1) is 0 Å². The van der Waals surface area contributed by atoms with Gasteiger partial charge in [0.1, 0.15) is 0 Å². The SMILES string of the molecule is COC(=O)CC(NOCc1ccccc1)(C(=O)OC)C(C)(C)C. The van der Waals surface area contributed by atoms with Gasteiger partial charge in [0, 0.05) is 0 Å². The molecule has 0 aliphatic rings. The zero-order valence-electron chi connectivity index (χ0n) is 14.3. The highest BCUT2D eigenvalue weighted by Gasteiger charge is 2.52. The lowest BCUT2D eigenvalue weighted by atomic mass is 9.72. The minimum atomic E-state index is -1.36. The molecule has 0 saturated heterocycles. The Balaban J connectivity index is 2.97. The van der Waals surface area contributed by atoms with E-state index in [1.807, 2.05) is 51.1 Å². The molecule has 128 valence electrons. The maximum Gasteiger partial charge on any atom is 0.329 e. The first-order valence-electron chi connectivity index (χ1n) is 7.35. The first kappa shape index (κ1) is 19.1. The number of methoxy groups -OCH3 is 2. The van der Waals surface area contributed by atoms with Crippen LogP contribution in [-0.4, -0.2) is 31.7 Å². The normalized spacial score (nSPS) is 14.0. The van der Waals surface area contributed by atoms with Crippen molar-refractivity contribution in [3.05, 3.63) is 35.9 Å². The van der Waals surface area contributed by atoms with Gasteiger partial charge in [0.05, 0.1) is 27.2 Å². The molecule has 0 spiro atoms. The lowest BCUT2D eigenvalue weighted by Gasteiger charge is -2.41. The number of benzene rings is 1. The minimum absolute atomic E-state index is 0.200. The molecule has 1 atom stereocenters. The smallest absolute Gasteiger partial charge is 0.329 e. The number of hydroxylamine groups is 1. The molecule has 0 amide bonds. The highest BCUT2D eigenvalue weighted by molar-refractivity contribution is 5.87. The van der Waals surface area contributed by atoms with E-state index in [-0.39, 0.29) is 13.0 Å². The molecule has 0 heterocycles. The van der Waals surface area contributed by atoms with Crippen molar-refractivity contribution >= 4 is 11.9 Å². The van der Waals surface area contributed by atoms with Gasteiger partial charge in [-0.25, -0.2) is 4.79 Å². The second-order valence-electron chi connectivity index (χ2n) is 6.28. The Hall–Kier alpha value is -1.92. The largest absolute Gasteiger partial charge is 0.469 e. The fourth-order valence-corrected chi connectivity index (χ4v) is 2.15. The predicted molar refractivity (Wildman–Crippen MR) is 85.2 cm³/mol. The van der Waals surface area contributed by atoms with Crippen molar-refractivity contribution < 1.29 is 23.9 Å². The van der Waals surface area contributed by atoms with Crippen molar-refractivity contribution in [2.75, 3.05) is 14.2 Å². The zero-order chi connectivity index (χ0) is 17.5. The molecule has 1 unspecified atom stereocenters. The Morgan fingerprint density at radius 1 is 1.04 bits per heavy atom. The first-order chi connectivity index (χ1) is 10.8. The lowest BCUT2D eigenvalue weighted by Crippen LogP contribution is -2.62. The summed E-state index contributed by atoms with van der Waals surface area (Å²) in [6.45, 7) is 5.72. The Labute approximate surface area is 137 Å². The van der Waals surface area contributed by atoms with Crippen LogP contribution in [0.3, 0.4) is 0 Å². The van der Waals surface area contributed by atoms with Gasteiger partial charge in [0.2, 0.25) is 0 Å². The summed E-state index contributed by atoms with van der Waals surface area (Å²) in [4.78, 5) is 29.7. The summed E-state index contributed by atoms with van der Waals surface area (Å²) < 4.78 is 9.62. The van der Waals surface area contributed by atoms with Gasteiger partial charge >= 0.3 is 11.9 Å². The van der Waals surface area contributed by atoms with Crippen molar-refractivity contribution in [2.45, 2.75) is 39.3 Å². The van der Waals surface area contributed by atoms with Crippen LogP contribution in [0.15, 0.2) is 30.3 Å². The van der Waals surface area contributed by atoms with Gasteiger partial charge in [0.15, 0.2) is 5.54 Å². The summed E-state index contributed by atoms with van der Waals surface area (Å²) in [5.41, 5.74) is 1.69. The van der Waals surface area contributed by atoms with Gasteiger partial charge in [-0.05, 0) is 11.0 Å². The molecule has 1 aromatic carbocycles. The van der Waals surface area contributed by atoms with Crippen molar-refractivity contribution in [1.82, 2.24) is 5.48 Å². The molecule has 0 saturated carbocycles. The second-order valence-corrected chi connectivity index (χ2v) is 6.28. The molecule has 1 rings (SSSR count). The third-order valence-corrected chi connectivity index (χ3v) is 3.78. The third-order valence-electron chi connectivity index (χ3n) is 3.78. The van der Waals surface area contributed by atoms with Crippen LogP contribution in [0.1, 0.15) is 32.8 Å². The Morgan fingerprint density at radius 2 is 1.65 bits per heavy atom. The Morgan fingerprint density at radius 3 is 2.13 bits per heavy atom. The number of esters is 2. The molecule has 0 radical (unpaired) electrons. The van der Waals surface area contributed by atoms with Gasteiger partial charge in [-0.1, -0.05) is 51.1 Å². The van der Waals surface area contributed by atoms with Crippen molar-refractivity contribution in [1.29, 1.82) is 0 Å². The summed E-state index contributed by atoms with van der Waals surface area (Å²) in [6.07, 6.45) is -0.200. The molecule has 1 N–H and O–H groups in total. The Kier molecular flexibility index (Phi) is 6.72. The highest BCUT2D eigenvalue weighted by Crippen LogP contribution is 2.35. The quantitative estimate of drug-likeness (QED) is 0.613. The van der Waals surface area contributed by atoms with Crippen molar-refractivity contribution in [3.8, 4) is 0 Å². The summed E-state index contributed by atoms with van der Waals surface area (Å²) in [5, 5.41) is 0. The van der Waals surface area contributed by atoms with Crippen LogP contribution in [-0.2, 0) is 30.5 Å². The number of carbonyl (C=O) groups excluding carboxylic acids is 2. The summed E-state index contributed by atoms with van der Waals surface area (Å²) in [6, 6.07) is 9.49. The van der Waals surface area contributed by atoms with Crippen LogP contribution in [0.5, 0.6) is 0 Å². The van der Waals surface area contributed by atoms with E-state index in [1.165, 1.54) is 14.2 Å². The molecular weight excluding hydrogens is 298 g/mol. The first-order valence-corrected chi connectivity index (χ1v) is 7.35. The summed E-state index contributed by atoms with van der Waals surface area (Å²) in [5.74, 6) is -1.11. The number of ether oxygens (including phenoxy) is 2. The molecule has 0 aliphatic heterocycles. The van der Waals surface area contributed by atoms with E-state index in [9.17, 15) is 9.59 Å². The molecule has 0 bridgehead atoms. The van der Waals surface area contributed by atoms with Crippen LogP contribution < -0.4 is 5.48 Å². The van der Waals surface area contributed by atoms with E-state index in [4.69, 9.17) is 14.3 Å². The minimum Gasteiger partial charge on any atom is -0.469 e. The summed E-state index contributed by atoms with van der Waals surface area (Å²) in [7, 11) is 2.55. The lowest BCUT2D eigenvalue weighted by molar-refractivity contribution is -0.174. The third kappa shape index (κ3) is 4.77. The molecule has 0 aliphatic carbocycles. The maximum atomic E-state index is 12.4. The van der Waals surface area contributed by atoms with E-state index in [2.05, 4.69) is 5.48 Å². The van der Waals surface area contributed by atoms with E-state index >= 15 is 0 Å². The van der Waals surface area contributed by atoms with Crippen LogP contribution in [0.25, 0.3) is 0 Å². The van der Waals surface area contributed by atoms with Crippen LogP contribution in [0.2, 0.25) is 0 Å². The van der Waals surface area contributed by atoms with E-state index in [0.717, 1.165) is 5.56 Å². The van der Waals surface area contributed by atoms with Crippen molar-refractivity contribution in [2.24, 2.45) is 5.41 Å². The summed E-state index contributed by atoms with van der Waals surface area (Å²) >= 11 is 0. The molecule has 6 heteroatoms. The number of hydrogen-bond donors (Lipinski definition) is 1. The Bertz CT molecular complexity index is 524. The standard InChI is InChI=1S/C17H25NO5/c1-16(2,3)17(15(20)22-5,11-14(19)21-4)18-23-12-13-9-7-6-8-10-13/h6-10,18H,11-12H2,1-5H3. The number of hydrogen-bond acceptors (Lipinski definition) is 6. The average molecular weight is 323 g/mol. The van der Waals surface area contributed by atoms with Gasteiger partial charge in [0.25, 0.3) is 0 Å². The number of carbonyl (C=O) groups is 2. The predicted octanol–water partition coefficient (Wildman–Crippen LogP) is 2.23. The molecule has 6 nitrogen and oxygen atoms in total. The number of rotatable bonds is 7. The average Bonchev–Trinajstić information content (AvgIpc) is 2.52. The van der Waals surface area contributed by atoms with E-state index in [1.54, 1.807) is 0 Å². The molecule has 1 aromatic rings. The van der Waals surface area contributed by atoms with Gasteiger partial charge in [-0.2, -0.15) is 5.48 Å². The van der Waals surface area contributed by atoms with Gasteiger partial charge < -0.3 is 9.47 Å².